The maximum absolute atomic E-state index is 11.9. The standard InChI is InChI=1S/C16H17N3O2S/c1-22-14-8-6-13(7-9-14)19-16(21)18-12-4-2-11(3-5-12)15(20)10-17/h2-9H,10,17H2,1H3,(H2,18,19,21). The molecule has 0 saturated carbocycles. The molecule has 0 saturated heterocycles. The van der Waals surface area contributed by atoms with E-state index in [1.54, 1.807) is 36.0 Å². The highest BCUT2D eigenvalue weighted by molar-refractivity contribution is 7.98. The number of thioether (sulfide) groups is 1. The number of nitrogens with one attached hydrogen (secondary N) is 2. The first-order valence-electron chi connectivity index (χ1n) is 6.68. The van der Waals surface area contributed by atoms with E-state index in [4.69, 9.17) is 5.73 Å². The number of urea groups is 1. The molecule has 0 spiro atoms. The zero-order valence-electron chi connectivity index (χ0n) is 12.1. The minimum absolute atomic E-state index is 0.0285. The van der Waals surface area contributed by atoms with Gasteiger partial charge in [0.25, 0.3) is 0 Å². The molecule has 22 heavy (non-hydrogen) atoms. The van der Waals surface area contributed by atoms with Gasteiger partial charge in [0, 0.05) is 21.8 Å². The predicted octanol–water partition coefficient (Wildman–Crippen LogP) is 3.19. The smallest absolute Gasteiger partial charge is 0.323 e. The van der Waals surface area contributed by atoms with Crippen molar-refractivity contribution in [3.05, 3.63) is 54.1 Å². The Labute approximate surface area is 133 Å². The van der Waals surface area contributed by atoms with Crippen LogP contribution >= 0.6 is 11.8 Å². The number of carbonyl (C=O) groups excluding carboxylic acids is 2. The molecule has 0 bridgehead atoms. The van der Waals surface area contributed by atoms with Crippen LogP contribution in [0.25, 0.3) is 0 Å². The minimum atomic E-state index is -0.338. The van der Waals surface area contributed by atoms with Crippen LogP contribution in [0.2, 0.25) is 0 Å². The number of hydrogen-bond donors (Lipinski definition) is 3. The molecule has 6 heteroatoms. The molecule has 0 aromatic heterocycles. The molecule has 2 aromatic carbocycles. The molecule has 4 N–H and O–H groups in total. The normalized spacial score (nSPS) is 10.1. The number of rotatable bonds is 5. The van der Waals surface area contributed by atoms with E-state index in [-0.39, 0.29) is 18.4 Å². The second-order valence-electron chi connectivity index (χ2n) is 4.51. The van der Waals surface area contributed by atoms with Crippen molar-refractivity contribution in [2.75, 3.05) is 23.4 Å². The van der Waals surface area contributed by atoms with Crippen LogP contribution < -0.4 is 16.4 Å². The van der Waals surface area contributed by atoms with E-state index < -0.39 is 0 Å². The molecule has 2 amide bonds. The third-order valence-electron chi connectivity index (χ3n) is 3.00. The summed E-state index contributed by atoms with van der Waals surface area (Å²) < 4.78 is 0. The van der Waals surface area contributed by atoms with Crippen molar-refractivity contribution < 1.29 is 9.59 Å². The third kappa shape index (κ3) is 4.34. The molecule has 0 heterocycles. The number of benzene rings is 2. The molecule has 0 aliphatic carbocycles. The van der Waals surface area contributed by atoms with Crippen molar-refractivity contribution in [2.24, 2.45) is 5.73 Å². The summed E-state index contributed by atoms with van der Waals surface area (Å²) in [5, 5.41) is 5.45. The number of ketones is 1. The molecule has 114 valence electrons. The lowest BCUT2D eigenvalue weighted by atomic mass is 10.1. The van der Waals surface area contributed by atoms with Crippen LogP contribution in [-0.2, 0) is 0 Å². The van der Waals surface area contributed by atoms with Crippen molar-refractivity contribution in [2.45, 2.75) is 4.90 Å². The number of anilines is 2. The van der Waals surface area contributed by atoms with E-state index in [0.717, 1.165) is 4.90 Å². The van der Waals surface area contributed by atoms with Gasteiger partial charge in [-0.25, -0.2) is 4.79 Å². The van der Waals surface area contributed by atoms with E-state index in [1.807, 2.05) is 30.5 Å². The Morgan fingerprint density at radius 1 is 0.955 bits per heavy atom. The first kappa shape index (κ1) is 16.1. The summed E-state index contributed by atoms with van der Waals surface area (Å²) in [7, 11) is 0. The summed E-state index contributed by atoms with van der Waals surface area (Å²) in [4.78, 5) is 24.4. The molecule has 0 aliphatic rings. The quantitative estimate of drug-likeness (QED) is 0.584. The highest BCUT2D eigenvalue weighted by Gasteiger charge is 2.05. The van der Waals surface area contributed by atoms with Crippen molar-refractivity contribution in [1.29, 1.82) is 0 Å². The van der Waals surface area contributed by atoms with Gasteiger partial charge in [-0.2, -0.15) is 0 Å². The lowest BCUT2D eigenvalue weighted by Gasteiger charge is -2.08. The monoisotopic (exact) mass is 315 g/mol. The Balaban J connectivity index is 1.94. The number of hydrogen-bond acceptors (Lipinski definition) is 4. The molecular weight excluding hydrogens is 298 g/mol. The molecular formula is C16H17N3O2S. The fourth-order valence-electron chi connectivity index (χ4n) is 1.83. The second-order valence-corrected chi connectivity index (χ2v) is 5.39. The van der Waals surface area contributed by atoms with Crippen LogP contribution in [0.1, 0.15) is 10.4 Å². The number of carbonyl (C=O) groups is 2. The highest BCUT2D eigenvalue weighted by atomic mass is 32.2. The molecule has 0 aliphatic heterocycles. The lowest BCUT2D eigenvalue weighted by Crippen LogP contribution is -2.19. The largest absolute Gasteiger partial charge is 0.324 e. The van der Waals surface area contributed by atoms with Gasteiger partial charge >= 0.3 is 6.03 Å². The summed E-state index contributed by atoms with van der Waals surface area (Å²) in [5.41, 5.74) is 7.14. The highest BCUT2D eigenvalue weighted by Crippen LogP contribution is 2.18. The van der Waals surface area contributed by atoms with Gasteiger partial charge in [0.15, 0.2) is 5.78 Å². The van der Waals surface area contributed by atoms with Crippen LogP contribution in [0.3, 0.4) is 0 Å². The zero-order valence-corrected chi connectivity index (χ0v) is 12.9. The second kappa shape index (κ2) is 7.63. The third-order valence-corrected chi connectivity index (χ3v) is 3.74. The minimum Gasteiger partial charge on any atom is -0.324 e. The maximum Gasteiger partial charge on any atom is 0.323 e. The van der Waals surface area contributed by atoms with Crippen molar-refractivity contribution in [1.82, 2.24) is 0 Å². The fourth-order valence-corrected chi connectivity index (χ4v) is 2.23. The molecule has 0 unspecified atom stereocenters. The molecule has 0 atom stereocenters. The van der Waals surface area contributed by atoms with Gasteiger partial charge in [0.1, 0.15) is 0 Å². The molecule has 2 rings (SSSR count). The molecule has 2 aromatic rings. The summed E-state index contributed by atoms with van der Waals surface area (Å²) in [6.07, 6.45) is 1.99. The van der Waals surface area contributed by atoms with Crippen molar-refractivity contribution in [3.63, 3.8) is 0 Å². The van der Waals surface area contributed by atoms with E-state index in [0.29, 0.717) is 16.9 Å². The van der Waals surface area contributed by atoms with Gasteiger partial charge in [-0.05, 0) is 54.8 Å². The average molecular weight is 315 g/mol. The van der Waals surface area contributed by atoms with Gasteiger partial charge in [0.2, 0.25) is 0 Å². The Hall–Kier alpha value is -2.31. The Morgan fingerprint density at radius 2 is 1.45 bits per heavy atom. The summed E-state index contributed by atoms with van der Waals surface area (Å²) >= 11 is 1.64. The Morgan fingerprint density at radius 3 is 1.91 bits per heavy atom. The van der Waals surface area contributed by atoms with Gasteiger partial charge in [-0.1, -0.05) is 0 Å². The average Bonchev–Trinajstić information content (AvgIpc) is 2.55. The number of nitrogens with two attached hydrogens (primary N) is 1. The van der Waals surface area contributed by atoms with E-state index in [1.165, 1.54) is 0 Å². The van der Waals surface area contributed by atoms with Gasteiger partial charge in [-0.15, -0.1) is 11.8 Å². The van der Waals surface area contributed by atoms with Gasteiger partial charge in [0.05, 0.1) is 6.54 Å². The topological polar surface area (TPSA) is 84.2 Å². The predicted molar refractivity (Wildman–Crippen MR) is 90.7 cm³/mol. The van der Waals surface area contributed by atoms with E-state index in [9.17, 15) is 9.59 Å². The van der Waals surface area contributed by atoms with Crippen molar-refractivity contribution in [3.8, 4) is 0 Å². The van der Waals surface area contributed by atoms with Crippen LogP contribution in [0.4, 0.5) is 16.2 Å². The van der Waals surface area contributed by atoms with Crippen LogP contribution in [0, 0.1) is 0 Å². The molecule has 5 nitrogen and oxygen atoms in total. The van der Waals surface area contributed by atoms with Crippen LogP contribution in [-0.4, -0.2) is 24.6 Å². The Kier molecular flexibility index (Phi) is 5.57. The van der Waals surface area contributed by atoms with E-state index in [2.05, 4.69) is 10.6 Å². The molecule has 0 radical (unpaired) electrons. The Bertz CT molecular complexity index is 654. The molecule has 0 fully saturated rings. The van der Waals surface area contributed by atoms with Crippen LogP contribution in [0.15, 0.2) is 53.4 Å². The first-order valence-corrected chi connectivity index (χ1v) is 7.90. The lowest BCUT2D eigenvalue weighted by molar-refractivity contribution is 0.100. The van der Waals surface area contributed by atoms with Gasteiger partial charge in [-0.3, -0.25) is 4.79 Å². The zero-order chi connectivity index (χ0) is 15.9. The SMILES string of the molecule is CSc1ccc(NC(=O)Nc2ccc(C(=O)CN)cc2)cc1. The fraction of sp³-hybridized carbons (Fsp3) is 0.125. The summed E-state index contributed by atoms with van der Waals surface area (Å²) in [6, 6.07) is 13.8. The summed E-state index contributed by atoms with van der Waals surface area (Å²) in [6.45, 7) is -0.0285. The summed E-state index contributed by atoms with van der Waals surface area (Å²) in [5.74, 6) is -0.134. The number of amides is 2. The van der Waals surface area contributed by atoms with Crippen molar-refractivity contribution >= 4 is 35.0 Å². The van der Waals surface area contributed by atoms with E-state index >= 15 is 0 Å². The first-order chi connectivity index (χ1) is 10.6. The maximum atomic E-state index is 11.9. The van der Waals surface area contributed by atoms with Crippen LogP contribution in [0.5, 0.6) is 0 Å². The number of Topliss-reactive ketones (excluding diaryl/α,β-unsaturated/α-hetero) is 1. The van der Waals surface area contributed by atoms with Gasteiger partial charge < -0.3 is 16.4 Å².